The lowest BCUT2D eigenvalue weighted by atomic mass is 9.69. The van der Waals surface area contributed by atoms with Crippen LogP contribution in [0.25, 0.3) is 0 Å². The summed E-state index contributed by atoms with van der Waals surface area (Å²) in [4.78, 5) is 11.8. The van der Waals surface area contributed by atoms with Gasteiger partial charge in [-0.3, -0.25) is 4.79 Å². The van der Waals surface area contributed by atoms with Gasteiger partial charge >= 0.3 is 0 Å². The summed E-state index contributed by atoms with van der Waals surface area (Å²) < 4.78 is 5.47. The predicted molar refractivity (Wildman–Crippen MR) is 58.5 cm³/mol. The zero-order valence-corrected chi connectivity index (χ0v) is 9.50. The summed E-state index contributed by atoms with van der Waals surface area (Å²) in [6.45, 7) is 1.48. The lowest BCUT2D eigenvalue weighted by Gasteiger charge is -2.33. The van der Waals surface area contributed by atoms with Crippen molar-refractivity contribution < 1.29 is 9.53 Å². The summed E-state index contributed by atoms with van der Waals surface area (Å²) in [5.74, 6) is -0.0840. The van der Waals surface area contributed by atoms with Crippen LogP contribution in [0.2, 0.25) is 0 Å². The number of carbonyl (C=O) groups is 1. The summed E-state index contributed by atoms with van der Waals surface area (Å²) in [5, 5.41) is 11.8. The van der Waals surface area contributed by atoms with E-state index in [-0.39, 0.29) is 5.91 Å². The molecule has 1 heterocycles. The van der Waals surface area contributed by atoms with Gasteiger partial charge in [-0.25, -0.2) is 0 Å². The summed E-state index contributed by atoms with van der Waals surface area (Å²) >= 11 is 0. The maximum atomic E-state index is 11.8. The van der Waals surface area contributed by atoms with Crippen LogP contribution in [0.3, 0.4) is 0 Å². The molecule has 88 valence electrons. The first-order valence-corrected chi connectivity index (χ1v) is 6.08. The van der Waals surface area contributed by atoms with E-state index in [9.17, 15) is 4.79 Å². The molecule has 0 radical (unpaired) electrons. The summed E-state index contributed by atoms with van der Waals surface area (Å²) in [6.07, 6.45) is 5.82. The van der Waals surface area contributed by atoms with Crippen LogP contribution in [0.5, 0.6) is 0 Å². The molecule has 1 unspecified atom stereocenters. The lowest BCUT2D eigenvalue weighted by Crippen LogP contribution is -2.45. The van der Waals surface area contributed by atoms with Gasteiger partial charge in [-0.05, 0) is 38.5 Å². The second-order valence-corrected chi connectivity index (χ2v) is 4.73. The second kappa shape index (κ2) is 4.84. The van der Waals surface area contributed by atoms with Crippen molar-refractivity contribution in [3.63, 3.8) is 0 Å². The van der Waals surface area contributed by atoms with Crippen LogP contribution < -0.4 is 5.32 Å². The van der Waals surface area contributed by atoms with E-state index in [1.165, 1.54) is 0 Å². The number of hydrogen-bond donors (Lipinski definition) is 1. The molecule has 1 aliphatic carbocycles. The third-order valence-corrected chi connectivity index (χ3v) is 3.63. The molecule has 1 atom stereocenters. The Bertz CT molecular complexity index is 299. The highest BCUT2D eigenvalue weighted by Gasteiger charge is 2.44. The van der Waals surface area contributed by atoms with Crippen LogP contribution in [0, 0.1) is 16.7 Å². The van der Waals surface area contributed by atoms with E-state index in [1.54, 1.807) is 0 Å². The van der Waals surface area contributed by atoms with Gasteiger partial charge in [-0.2, -0.15) is 5.26 Å². The zero-order chi connectivity index (χ0) is 11.4. The van der Waals surface area contributed by atoms with E-state index in [2.05, 4.69) is 11.4 Å². The first-order valence-electron chi connectivity index (χ1n) is 6.08. The van der Waals surface area contributed by atoms with Gasteiger partial charge in [0.1, 0.15) is 5.41 Å². The van der Waals surface area contributed by atoms with Gasteiger partial charge in [-0.1, -0.05) is 0 Å². The Kier molecular flexibility index (Phi) is 3.45. The summed E-state index contributed by atoms with van der Waals surface area (Å²) in [6, 6.07) is 2.15. The molecule has 2 rings (SSSR count). The first-order chi connectivity index (χ1) is 7.77. The Morgan fingerprint density at radius 2 is 2.31 bits per heavy atom. The van der Waals surface area contributed by atoms with E-state index < -0.39 is 5.41 Å². The van der Waals surface area contributed by atoms with Crippen molar-refractivity contribution in [1.82, 2.24) is 5.32 Å². The van der Waals surface area contributed by atoms with E-state index in [4.69, 9.17) is 10.00 Å². The third kappa shape index (κ3) is 2.19. The van der Waals surface area contributed by atoms with E-state index in [0.717, 1.165) is 45.1 Å². The molecule has 4 heteroatoms. The molecule has 4 nitrogen and oxygen atoms in total. The lowest BCUT2D eigenvalue weighted by molar-refractivity contribution is -0.131. The molecule has 0 aromatic rings. The van der Waals surface area contributed by atoms with Crippen molar-refractivity contribution in [1.29, 1.82) is 5.26 Å². The summed E-state index contributed by atoms with van der Waals surface area (Å²) in [5.41, 5.74) is -0.712. The van der Waals surface area contributed by atoms with Gasteiger partial charge in [0, 0.05) is 13.2 Å². The topological polar surface area (TPSA) is 62.1 Å². The molecule has 16 heavy (non-hydrogen) atoms. The molecule has 0 aromatic heterocycles. The minimum atomic E-state index is -0.712. The SMILES string of the molecule is N#CC1(C(=O)NCCC2CCCO2)CCC1. The second-order valence-electron chi connectivity index (χ2n) is 4.73. The Morgan fingerprint density at radius 3 is 2.81 bits per heavy atom. The van der Waals surface area contributed by atoms with Crippen LogP contribution in [0.15, 0.2) is 0 Å². The maximum Gasteiger partial charge on any atom is 0.240 e. The molecule has 1 amide bonds. The van der Waals surface area contributed by atoms with Gasteiger partial charge in [0.05, 0.1) is 12.2 Å². The summed E-state index contributed by atoms with van der Waals surface area (Å²) in [7, 11) is 0. The Labute approximate surface area is 96.0 Å². The van der Waals surface area contributed by atoms with Gasteiger partial charge in [0.2, 0.25) is 5.91 Å². The molecule has 1 saturated carbocycles. The van der Waals surface area contributed by atoms with Crippen molar-refractivity contribution in [2.75, 3.05) is 13.2 Å². The molecular weight excluding hydrogens is 204 g/mol. The third-order valence-electron chi connectivity index (χ3n) is 3.63. The highest BCUT2D eigenvalue weighted by Crippen LogP contribution is 2.40. The van der Waals surface area contributed by atoms with E-state index >= 15 is 0 Å². The van der Waals surface area contributed by atoms with Crippen LogP contribution in [-0.4, -0.2) is 25.2 Å². The first kappa shape index (κ1) is 11.4. The van der Waals surface area contributed by atoms with Gasteiger partial charge in [0.15, 0.2) is 0 Å². The molecular formula is C12H18N2O2. The number of rotatable bonds is 4. The fourth-order valence-corrected chi connectivity index (χ4v) is 2.31. The van der Waals surface area contributed by atoms with Crippen LogP contribution in [-0.2, 0) is 9.53 Å². The molecule has 1 saturated heterocycles. The van der Waals surface area contributed by atoms with Crippen molar-refractivity contribution in [2.24, 2.45) is 5.41 Å². The monoisotopic (exact) mass is 222 g/mol. The average molecular weight is 222 g/mol. The Balaban J connectivity index is 1.69. The van der Waals surface area contributed by atoms with Crippen molar-refractivity contribution >= 4 is 5.91 Å². The van der Waals surface area contributed by atoms with Crippen molar-refractivity contribution in [3.8, 4) is 6.07 Å². The van der Waals surface area contributed by atoms with E-state index in [1.807, 2.05) is 0 Å². The number of ether oxygens (including phenoxy) is 1. The van der Waals surface area contributed by atoms with Gasteiger partial charge < -0.3 is 10.1 Å². The number of nitrogens with one attached hydrogen (secondary N) is 1. The highest BCUT2D eigenvalue weighted by molar-refractivity contribution is 5.86. The smallest absolute Gasteiger partial charge is 0.240 e. The number of nitrogens with zero attached hydrogens (tertiary/aromatic N) is 1. The van der Waals surface area contributed by atoms with Crippen molar-refractivity contribution in [3.05, 3.63) is 0 Å². The highest BCUT2D eigenvalue weighted by atomic mass is 16.5. The average Bonchev–Trinajstić information content (AvgIpc) is 2.70. The maximum absolute atomic E-state index is 11.8. The molecule has 2 aliphatic rings. The Morgan fingerprint density at radius 1 is 1.50 bits per heavy atom. The molecule has 0 aromatic carbocycles. The number of amides is 1. The van der Waals surface area contributed by atoms with E-state index in [0.29, 0.717) is 12.6 Å². The van der Waals surface area contributed by atoms with Gasteiger partial charge in [0.25, 0.3) is 0 Å². The minimum absolute atomic E-state index is 0.0840. The normalized spacial score (nSPS) is 26.8. The molecule has 1 N–H and O–H groups in total. The minimum Gasteiger partial charge on any atom is -0.378 e. The Hall–Kier alpha value is -1.08. The van der Waals surface area contributed by atoms with Crippen LogP contribution >= 0.6 is 0 Å². The molecule has 1 aliphatic heterocycles. The standard InChI is InChI=1S/C12H18N2O2/c13-9-12(5-2-6-12)11(15)14-7-4-10-3-1-8-16-10/h10H,1-8H2,(H,14,15). The predicted octanol–water partition coefficient (Wildman–Crippen LogP) is 1.37. The van der Waals surface area contributed by atoms with Crippen molar-refractivity contribution in [2.45, 2.75) is 44.6 Å². The van der Waals surface area contributed by atoms with Crippen LogP contribution in [0.4, 0.5) is 0 Å². The van der Waals surface area contributed by atoms with Gasteiger partial charge in [-0.15, -0.1) is 0 Å². The molecule has 0 spiro atoms. The largest absolute Gasteiger partial charge is 0.378 e. The fourth-order valence-electron chi connectivity index (χ4n) is 2.31. The van der Waals surface area contributed by atoms with Crippen LogP contribution in [0.1, 0.15) is 38.5 Å². The molecule has 0 bridgehead atoms. The fraction of sp³-hybridized carbons (Fsp3) is 0.833. The molecule has 2 fully saturated rings. The number of hydrogen-bond acceptors (Lipinski definition) is 3. The number of carbonyl (C=O) groups excluding carboxylic acids is 1. The number of nitriles is 1. The zero-order valence-electron chi connectivity index (χ0n) is 9.50. The quantitative estimate of drug-likeness (QED) is 0.781.